The molecule has 0 aromatic carbocycles. The van der Waals surface area contributed by atoms with Gasteiger partial charge >= 0.3 is 11.9 Å². The molecule has 0 aliphatic rings. The van der Waals surface area contributed by atoms with Crippen molar-refractivity contribution < 1.29 is 19.4 Å². The lowest BCUT2D eigenvalue weighted by Gasteiger charge is -2.17. The predicted octanol–water partition coefficient (Wildman–Crippen LogP) is 9.83. The van der Waals surface area contributed by atoms with Crippen LogP contribution in [0.1, 0.15) is 129 Å². The third kappa shape index (κ3) is 28.1. The van der Waals surface area contributed by atoms with Crippen molar-refractivity contribution in [3.05, 3.63) is 60.8 Å². The number of rotatable bonds is 25. The highest BCUT2D eigenvalue weighted by atomic mass is 16.5. The molecule has 1 atom stereocenters. The van der Waals surface area contributed by atoms with Crippen LogP contribution in [0, 0.1) is 0 Å². The fourth-order valence-corrected chi connectivity index (χ4v) is 3.84. The third-order valence-corrected chi connectivity index (χ3v) is 6.00. The van der Waals surface area contributed by atoms with E-state index in [-0.39, 0.29) is 18.5 Å². The van der Waals surface area contributed by atoms with Crippen molar-refractivity contribution >= 4 is 11.9 Å². The second-order valence-corrected chi connectivity index (χ2v) is 9.55. The molecule has 0 aromatic rings. The van der Waals surface area contributed by atoms with Crippen LogP contribution in [0.2, 0.25) is 0 Å². The lowest BCUT2D eigenvalue weighted by Crippen LogP contribution is -2.18. The second kappa shape index (κ2) is 28.2. The van der Waals surface area contributed by atoms with Gasteiger partial charge in [0.2, 0.25) is 0 Å². The maximum atomic E-state index is 12.2. The molecule has 0 aliphatic heterocycles. The van der Waals surface area contributed by atoms with E-state index in [1.165, 1.54) is 0 Å². The number of carboxylic acid groups (broad SMARTS) is 1. The van der Waals surface area contributed by atoms with Crippen LogP contribution in [0.4, 0.5) is 0 Å². The smallest absolute Gasteiger partial charge is 0.306 e. The molecule has 0 heterocycles. The summed E-state index contributed by atoms with van der Waals surface area (Å²) in [7, 11) is 0. The molecule has 0 saturated heterocycles. The molecule has 0 bridgehead atoms. The molecule has 0 aromatic heterocycles. The van der Waals surface area contributed by atoms with E-state index in [4.69, 9.17) is 9.84 Å². The largest absolute Gasteiger partial charge is 0.481 e. The minimum absolute atomic E-state index is 0.0152. The van der Waals surface area contributed by atoms with Crippen LogP contribution in [0.15, 0.2) is 60.8 Å². The van der Waals surface area contributed by atoms with E-state index in [0.717, 1.165) is 96.3 Å². The lowest BCUT2D eigenvalue weighted by molar-refractivity contribution is -0.150. The Morgan fingerprint density at radius 2 is 1.14 bits per heavy atom. The molecule has 4 nitrogen and oxygen atoms in total. The van der Waals surface area contributed by atoms with Crippen LogP contribution in [0.5, 0.6) is 0 Å². The molecule has 0 amide bonds. The van der Waals surface area contributed by atoms with Crippen molar-refractivity contribution in [1.82, 2.24) is 0 Å². The molecule has 37 heavy (non-hydrogen) atoms. The number of carbonyl (C=O) groups is 2. The Balaban J connectivity index is 3.78. The first kappa shape index (κ1) is 34.6. The van der Waals surface area contributed by atoms with Crippen LogP contribution >= 0.6 is 0 Å². The van der Waals surface area contributed by atoms with Gasteiger partial charge < -0.3 is 9.84 Å². The van der Waals surface area contributed by atoms with Gasteiger partial charge in [-0.3, -0.25) is 9.59 Å². The summed E-state index contributed by atoms with van der Waals surface area (Å²) in [5, 5.41) is 8.73. The number of esters is 1. The van der Waals surface area contributed by atoms with Crippen LogP contribution in [-0.2, 0) is 14.3 Å². The molecule has 0 aliphatic carbocycles. The van der Waals surface area contributed by atoms with E-state index < -0.39 is 5.97 Å². The van der Waals surface area contributed by atoms with Gasteiger partial charge in [0.05, 0.1) is 0 Å². The summed E-state index contributed by atoms with van der Waals surface area (Å²) in [5.74, 6) is -0.822. The summed E-state index contributed by atoms with van der Waals surface area (Å²) in [6.07, 6.45) is 38.4. The number of unbranched alkanes of at least 4 members (excludes halogenated alkanes) is 6. The van der Waals surface area contributed by atoms with Crippen molar-refractivity contribution in [3.63, 3.8) is 0 Å². The molecule has 4 heteroatoms. The Kier molecular flexibility index (Phi) is 26.4. The third-order valence-electron chi connectivity index (χ3n) is 6.00. The van der Waals surface area contributed by atoms with Gasteiger partial charge in [-0.05, 0) is 77.0 Å². The first-order chi connectivity index (χ1) is 18.1. The van der Waals surface area contributed by atoms with Crippen molar-refractivity contribution in [2.75, 3.05) is 0 Å². The summed E-state index contributed by atoms with van der Waals surface area (Å²) in [4.78, 5) is 22.9. The number of hydrogen-bond donors (Lipinski definition) is 1. The van der Waals surface area contributed by atoms with E-state index >= 15 is 0 Å². The molecule has 1 N–H and O–H groups in total. The average Bonchev–Trinajstić information content (AvgIpc) is 2.88. The van der Waals surface area contributed by atoms with Gasteiger partial charge in [-0.1, -0.05) is 100 Å². The molecular weight excluding hydrogens is 460 g/mol. The standard InChI is InChI=1S/C33H54O4/c1-3-5-7-8-9-10-11-12-13-14-15-16-17-18-19-20-21-22-26-30-33(36)37-31(27-6-4-2)28-24-23-25-29-32(34)35/h5,7,9-10,12-13,15-16,18-19,31H,3-4,6,8,11,14,17,20-30H2,1-2H3,(H,34,35)/b7-5-,10-9-,13-12-,16-15-,19-18-. The van der Waals surface area contributed by atoms with E-state index in [9.17, 15) is 9.59 Å². The number of carboxylic acids is 1. The van der Waals surface area contributed by atoms with E-state index in [1.54, 1.807) is 0 Å². The van der Waals surface area contributed by atoms with Gasteiger partial charge in [0.15, 0.2) is 0 Å². The first-order valence-electron chi connectivity index (χ1n) is 14.8. The quantitative estimate of drug-likeness (QED) is 0.0748. The topological polar surface area (TPSA) is 63.6 Å². The Bertz CT molecular complexity index is 684. The lowest BCUT2D eigenvalue weighted by atomic mass is 10.0. The van der Waals surface area contributed by atoms with Gasteiger partial charge in [-0.25, -0.2) is 0 Å². The zero-order valence-corrected chi connectivity index (χ0v) is 23.8. The number of allylic oxidation sites excluding steroid dienone is 10. The highest BCUT2D eigenvalue weighted by Crippen LogP contribution is 2.16. The minimum Gasteiger partial charge on any atom is -0.481 e. The van der Waals surface area contributed by atoms with Crippen LogP contribution in [0.3, 0.4) is 0 Å². The van der Waals surface area contributed by atoms with Crippen molar-refractivity contribution in [2.24, 2.45) is 0 Å². The summed E-state index contributed by atoms with van der Waals surface area (Å²) >= 11 is 0. The maximum absolute atomic E-state index is 12.2. The number of carbonyl (C=O) groups excluding carboxylic acids is 1. The fraction of sp³-hybridized carbons (Fsp3) is 0.636. The minimum atomic E-state index is -0.740. The van der Waals surface area contributed by atoms with Crippen molar-refractivity contribution in [1.29, 1.82) is 0 Å². The summed E-state index contributed by atoms with van der Waals surface area (Å²) in [6, 6.07) is 0. The Morgan fingerprint density at radius 1 is 0.622 bits per heavy atom. The van der Waals surface area contributed by atoms with Crippen molar-refractivity contribution in [2.45, 2.75) is 136 Å². The summed E-state index contributed by atoms with van der Waals surface area (Å²) < 4.78 is 5.73. The predicted molar refractivity (Wildman–Crippen MR) is 158 cm³/mol. The SMILES string of the molecule is CC/C=C\C/C=C\C/C=C\C/C=C\C/C=C\CCCCCC(=O)OC(CCCC)CCCCCC(=O)O. The number of ether oxygens (including phenoxy) is 1. The molecule has 1 unspecified atom stereocenters. The molecule has 210 valence electrons. The molecule has 0 spiro atoms. The first-order valence-corrected chi connectivity index (χ1v) is 14.8. The van der Waals surface area contributed by atoms with Gasteiger partial charge in [0.25, 0.3) is 0 Å². The van der Waals surface area contributed by atoms with Crippen LogP contribution in [-0.4, -0.2) is 23.1 Å². The van der Waals surface area contributed by atoms with Gasteiger partial charge in [0.1, 0.15) is 6.10 Å². The summed E-state index contributed by atoms with van der Waals surface area (Å²) in [6.45, 7) is 4.29. The van der Waals surface area contributed by atoms with E-state index in [2.05, 4.69) is 74.6 Å². The molecule has 0 radical (unpaired) electrons. The van der Waals surface area contributed by atoms with E-state index in [1.807, 2.05) is 0 Å². The molecule has 0 rings (SSSR count). The normalized spacial score (nSPS) is 13.1. The zero-order valence-electron chi connectivity index (χ0n) is 23.8. The Hall–Kier alpha value is -2.36. The fourth-order valence-electron chi connectivity index (χ4n) is 3.84. The Morgan fingerprint density at radius 3 is 1.70 bits per heavy atom. The van der Waals surface area contributed by atoms with Gasteiger partial charge in [-0.2, -0.15) is 0 Å². The highest BCUT2D eigenvalue weighted by molar-refractivity contribution is 5.69. The molecule has 0 saturated carbocycles. The monoisotopic (exact) mass is 514 g/mol. The molecular formula is C33H54O4. The number of hydrogen-bond acceptors (Lipinski definition) is 3. The van der Waals surface area contributed by atoms with Crippen molar-refractivity contribution in [3.8, 4) is 0 Å². The van der Waals surface area contributed by atoms with Crippen LogP contribution in [0.25, 0.3) is 0 Å². The maximum Gasteiger partial charge on any atom is 0.306 e. The average molecular weight is 515 g/mol. The van der Waals surface area contributed by atoms with E-state index in [0.29, 0.717) is 12.8 Å². The number of aliphatic carboxylic acids is 1. The summed E-state index contributed by atoms with van der Waals surface area (Å²) in [5.41, 5.74) is 0. The van der Waals surface area contributed by atoms with Gasteiger partial charge in [-0.15, -0.1) is 0 Å². The second-order valence-electron chi connectivity index (χ2n) is 9.55. The zero-order chi connectivity index (χ0) is 27.2. The highest BCUT2D eigenvalue weighted by Gasteiger charge is 2.14. The Labute approximate surface area is 227 Å². The van der Waals surface area contributed by atoms with Gasteiger partial charge in [0, 0.05) is 12.8 Å². The molecule has 0 fully saturated rings. The van der Waals surface area contributed by atoms with Crippen LogP contribution < -0.4 is 0 Å².